The molecular formula is C17H15Cl4N3OS. The van der Waals surface area contributed by atoms with Crippen LogP contribution in [0.3, 0.4) is 0 Å². The van der Waals surface area contributed by atoms with Gasteiger partial charge in [-0.1, -0.05) is 46.4 Å². The minimum Gasteiger partial charge on any atom is -0.352 e. The SMILES string of the molecule is O=C(CSc1cc(Cl)ccc1Cl)N1CCN(c2ncc(Cl)cc2Cl)CC1. The second-order valence-electron chi connectivity index (χ2n) is 5.69. The Morgan fingerprint density at radius 2 is 1.73 bits per heavy atom. The number of halogens is 4. The zero-order valence-corrected chi connectivity index (χ0v) is 17.4. The summed E-state index contributed by atoms with van der Waals surface area (Å²) in [6.07, 6.45) is 1.58. The van der Waals surface area contributed by atoms with Gasteiger partial charge in [-0.3, -0.25) is 4.79 Å². The second-order valence-corrected chi connectivity index (χ2v) is 8.39. The zero-order chi connectivity index (χ0) is 18.7. The molecule has 0 saturated carbocycles. The maximum Gasteiger partial charge on any atom is 0.233 e. The summed E-state index contributed by atoms with van der Waals surface area (Å²) in [5, 5.41) is 2.22. The molecule has 2 heterocycles. The van der Waals surface area contributed by atoms with Gasteiger partial charge >= 0.3 is 0 Å². The fraction of sp³-hybridized carbons (Fsp3) is 0.294. The zero-order valence-electron chi connectivity index (χ0n) is 13.6. The van der Waals surface area contributed by atoms with Crippen molar-refractivity contribution >= 4 is 69.9 Å². The summed E-state index contributed by atoms with van der Waals surface area (Å²) in [5.41, 5.74) is 0. The lowest BCUT2D eigenvalue weighted by Crippen LogP contribution is -2.49. The van der Waals surface area contributed by atoms with E-state index in [9.17, 15) is 4.79 Å². The van der Waals surface area contributed by atoms with Crippen LogP contribution >= 0.6 is 58.2 Å². The van der Waals surface area contributed by atoms with Crippen LogP contribution in [-0.4, -0.2) is 47.7 Å². The van der Waals surface area contributed by atoms with Crippen LogP contribution in [-0.2, 0) is 4.79 Å². The first-order valence-electron chi connectivity index (χ1n) is 7.85. The summed E-state index contributed by atoms with van der Waals surface area (Å²) in [6, 6.07) is 6.91. The molecule has 0 N–H and O–H groups in total. The molecule has 0 radical (unpaired) electrons. The topological polar surface area (TPSA) is 36.4 Å². The van der Waals surface area contributed by atoms with E-state index >= 15 is 0 Å². The average molecular weight is 451 g/mol. The van der Waals surface area contributed by atoms with Gasteiger partial charge in [-0.05, 0) is 24.3 Å². The van der Waals surface area contributed by atoms with Gasteiger partial charge in [0, 0.05) is 42.3 Å². The Morgan fingerprint density at radius 3 is 2.42 bits per heavy atom. The molecule has 0 unspecified atom stereocenters. The summed E-state index contributed by atoms with van der Waals surface area (Å²) in [7, 11) is 0. The minimum absolute atomic E-state index is 0.0702. The van der Waals surface area contributed by atoms with Gasteiger partial charge < -0.3 is 9.80 Å². The van der Waals surface area contributed by atoms with Crippen molar-refractivity contribution in [2.75, 3.05) is 36.8 Å². The van der Waals surface area contributed by atoms with E-state index in [0.29, 0.717) is 57.8 Å². The number of aromatic nitrogens is 1. The minimum atomic E-state index is 0.0702. The molecule has 2 aromatic rings. The Labute approximate surface area is 176 Å². The molecule has 0 aliphatic carbocycles. The molecule has 0 atom stereocenters. The smallest absolute Gasteiger partial charge is 0.233 e. The number of anilines is 1. The maximum atomic E-state index is 12.5. The van der Waals surface area contributed by atoms with Crippen LogP contribution in [0.4, 0.5) is 5.82 Å². The van der Waals surface area contributed by atoms with Crippen LogP contribution in [0.2, 0.25) is 20.1 Å². The number of hydrogen-bond donors (Lipinski definition) is 0. The monoisotopic (exact) mass is 449 g/mol. The van der Waals surface area contributed by atoms with Crippen molar-refractivity contribution in [3.8, 4) is 0 Å². The number of rotatable bonds is 4. The van der Waals surface area contributed by atoms with Crippen LogP contribution < -0.4 is 4.90 Å². The van der Waals surface area contributed by atoms with E-state index in [4.69, 9.17) is 46.4 Å². The third-order valence-corrected chi connectivity index (χ3v) is 6.17. The van der Waals surface area contributed by atoms with Gasteiger partial charge in [-0.2, -0.15) is 0 Å². The lowest BCUT2D eigenvalue weighted by molar-refractivity contribution is -0.128. The van der Waals surface area contributed by atoms with Crippen molar-refractivity contribution in [1.82, 2.24) is 9.88 Å². The highest BCUT2D eigenvalue weighted by Gasteiger charge is 2.23. The molecule has 3 rings (SSSR count). The molecule has 1 aliphatic heterocycles. The average Bonchev–Trinajstić information content (AvgIpc) is 2.62. The highest BCUT2D eigenvalue weighted by atomic mass is 35.5. The first kappa shape index (κ1) is 19.9. The number of nitrogens with zero attached hydrogens (tertiary/aromatic N) is 3. The number of piperazine rings is 1. The van der Waals surface area contributed by atoms with Gasteiger partial charge in [0.1, 0.15) is 5.82 Å². The highest BCUT2D eigenvalue weighted by Crippen LogP contribution is 2.30. The van der Waals surface area contributed by atoms with Crippen molar-refractivity contribution < 1.29 is 4.79 Å². The Kier molecular flexibility index (Phi) is 6.81. The predicted molar refractivity (Wildman–Crippen MR) is 110 cm³/mol. The summed E-state index contributed by atoms with van der Waals surface area (Å²) in [6.45, 7) is 2.57. The molecule has 26 heavy (non-hydrogen) atoms. The number of pyridine rings is 1. The normalized spacial score (nSPS) is 14.6. The lowest BCUT2D eigenvalue weighted by atomic mass is 10.3. The van der Waals surface area contributed by atoms with E-state index in [0.717, 1.165) is 4.90 Å². The van der Waals surface area contributed by atoms with Gasteiger partial charge in [0.05, 0.1) is 20.8 Å². The fourth-order valence-corrected chi connectivity index (χ4v) is 4.52. The van der Waals surface area contributed by atoms with Gasteiger partial charge in [0.15, 0.2) is 0 Å². The van der Waals surface area contributed by atoms with Gasteiger partial charge in [-0.25, -0.2) is 4.98 Å². The lowest BCUT2D eigenvalue weighted by Gasteiger charge is -2.35. The molecular weight excluding hydrogens is 436 g/mol. The largest absolute Gasteiger partial charge is 0.352 e. The predicted octanol–water partition coefficient (Wildman–Crippen LogP) is 5.14. The van der Waals surface area contributed by atoms with E-state index in [1.807, 2.05) is 4.90 Å². The Hall–Kier alpha value is -0.850. The first-order valence-corrected chi connectivity index (χ1v) is 10.4. The van der Waals surface area contributed by atoms with E-state index in [1.165, 1.54) is 11.8 Å². The Balaban J connectivity index is 1.54. The Morgan fingerprint density at radius 1 is 1.00 bits per heavy atom. The molecule has 0 bridgehead atoms. The second kappa shape index (κ2) is 8.89. The van der Waals surface area contributed by atoms with E-state index in [1.54, 1.807) is 30.5 Å². The van der Waals surface area contributed by atoms with Crippen molar-refractivity contribution in [2.45, 2.75) is 4.90 Å². The molecule has 1 aromatic heterocycles. The van der Waals surface area contributed by atoms with E-state index < -0.39 is 0 Å². The molecule has 1 fully saturated rings. The Bertz CT molecular complexity index is 813. The van der Waals surface area contributed by atoms with Crippen LogP contribution in [0.5, 0.6) is 0 Å². The molecule has 1 saturated heterocycles. The highest BCUT2D eigenvalue weighted by molar-refractivity contribution is 8.00. The number of thioether (sulfide) groups is 1. The summed E-state index contributed by atoms with van der Waals surface area (Å²) in [5.74, 6) is 1.09. The quantitative estimate of drug-likeness (QED) is 0.604. The van der Waals surface area contributed by atoms with E-state index in [-0.39, 0.29) is 5.91 Å². The van der Waals surface area contributed by atoms with Crippen LogP contribution in [0.1, 0.15) is 0 Å². The van der Waals surface area contributed by atoms with Crippen molar-refractivity contribution in [2.24, 2.45) is 0 Å². The van der Waals surface area contributed by atoms with Gasteiger partial charge in [0.25, 0.3) is 0 Å². The van der Waals surface area contributed by atoms with Crippen molar-refractivity contribution in [1.29, 1.82) is 0 Å². The van der Waals surface area contributed by atoms with Crippen molar-refractivity contribution in [3.05, 3.63) is 50.6 Å². The molecule has 1 aliphatic rings. The van der Waals surface area contributed by atoms with Crippen molar-refractivity contribution in [3.63, 3.8) is 0 Å². The van der Waals surface area contributed by atoms with Crippen LogP contribution in [0, 0.1) is 0 Å². The molecule has 9 heteroatoms. The molecule has 1 amide bonds. The maximum absolute atomic E-state index is 12.5. The summed E-state index contributed by atoms with van der Waals surface area (Å²) >= 11 is 25.6. The van der Waals surface area contributed by atoms with E-state index in [2.05, 4.69) is 9.88 Å². The number of carbonyl (C=O) groups excluding carboxylic acids is 1. The fourth-order valence-electron chi connectivity index (χ4n) is 2.63. The molecule has 138 valence electrons. The number of hydrogen-bond acceptors (Lipinski definition) is 4. The standard InChI is InChI=1S/C17H15Cl4N3OS/c18-11-1-2-13(20)15(8-11)26-10-16(25)23-3-5-24(6-4-23)17-14(21)7-12(19)9-22-17/h1-2,7-9H,3-6,10H2. The van der Waals surface area contributed by atoms with Gasteiger partial charge in [-0.15, -0.1) is 11.8 Å². The number of amides is 1. The summed E-state index contributed by atoms with van der Waals surface area (Å²) in [4.78, 5) is 21.5. The molecule has 1 aromatic carbocycles. The third kappa shape index (κ3) is 4.90. The third-order valence-electron chi connectivity index (χ3n) is 3.96. The van der Waals surface area contributed by atoms with Crippen LogP contribution in [0.25, 0.3) is 0 Å². The van der Waals surface area contributed by atoms with Crippen LogP contribution in [0.15, 0.2) is 35.4 Å². The molecule has 0 spiro atoms. The summed E-state index contributed by atoms with van der Waals surface area (Å²) < 4.78 is 0. The number of carbonyl (C=O) groups is 1. The number of benzene rings is 1. The van der Waals surface area contributed by atoms with Gasteiger partial charge in [0.2, 0.25) is 5.91 Å². The molecule has 4 nitrogen and oxygen atoms in total. The first-order chi connectivity index (χ1) is 12.4.